The lowest BCUT2D eigenvalue weighted by Crippen LogP contribution is -2.51. The van der Waals surface area contributed by atoms with Gasteiger partial charge in [0.25, 0.3) is 5.91 Å². The standard InChI is InChI=1S/C19H31NO4Si/c1-14(2)19(3,4)25(6,7)24-13-16(18(22)23-5)20-17(21)15-11-9-8-10-12-15/h8-12,14,16H,13H2,1-7H3,(H,20,21)/t16-/m0/s1. The van der Waals surface area contributed by atoms with Gasteiger partial charge in [-0.3, -0.25) is 4.79 Å². The van der Waals surface area contributed by atoms with Gasteiger partial charge in [0.15, 0.2) is 8.32 Å². The summed E-state index contributed by atoms with van der Waals surface area (Å²) in [7, 11) is -0.795. The van der Waals surface area contributed by atoms with Crippen LogP contribution in [0.25, 0.3) is 0 Å². The molecule has 25 heavy (non-hydrogen) atoms. The van der Waals surface area contributed by atoms with Crippen molar-refractivity contribution in [3.8, 4) is 0 Å². The second-order valence-corrected chi connectivity index (χ2v) is 12.2. The molecular weight excluding hydrogens is 334 g/mol. The first-order chi connectivity index (χ1) is 11.5. The minimum absolute atomic E-state index is 0.0249. The molecule has 1 atom stereocenters. The average Bonchev–Trinajstić information content (AvgIpc) is 2.58. The summed E-state index contributed by atoms with van der Waals surface area (Å²) in [5, 5.41) is 2.75. The summed E-state index contributed by atoms with van der Waals surface area (Å²) in [5.74, 6) is -0.372. The summed E-state index contributed by atoms with van der Waals surface area (Å²) >= 11 is 0. The fourth-order valence-corrected chi connectivity index (χ4v) is 4.66. The molecule has 0 aromatic heterocycles. The molecule has 0 heterocycles. The van der Waals surface area contributed by atoms with Gasteiger partial charge in [0.1, 0.15) is 6.04 Å². The first-order valence-corrected chi connectivity index (χ1v) is 11.5. The molecule has 1 N–H and O–H groups in total. The van der Waals surface area contributed by atoms with Crippen LogP contribution in [0.3, 0.4) is 0 Å². The van der Waals surface area contributed by atoms with Crippen LogP contribution in [0.4, 0.5) is 0 Å². The van der Waals surface area contributed by atoms with Gasteiger partial charge in [-0.25, -0.2) is 4.79 Å². The molecule has 0 bridgehead atoms. The molecule has 0 fully saturated rings. The maximum atomic E-state index is 12.3. The fraction of sp³-hybridized carbons (Fsp3) is 0.579. The highest BCUT2D eigenvalue weighted by Crippen LogP contribution is 2.44. The van der Waals surface area contributed by atoms with Crippen LogP contribution in [-0.4, -0.2) is 40.0 Å². The number of carbonyl (C=O) groups excluding carboxylic acids is 2. The third kappa shape index (κ3) is 5.41. The Morgan fingerprint density at radius 2 is 1.72 bits per heavy atom. The van der Waals surface area contributed by atoms with Crippen molar-refractivity contribution in [1.82, 2.24) is 5.32 Å². The highest BCUT2D eigenvalue weighted by molar-refractivity contribution is 6.74. The van der Waals surface area contributed by atoms with Crippen molar-refractivity contribution in [1.29, 1.82) is 0 Å². The van der Waals surface area contributed by atoms with E-state index in [-0.39, 0.29) is 17.6 Å². The lowest BCUT2D eigenvalue weighted by molar-refractivity contribution is -0.143. The largest absolute Gasteiger partial charge is 0.467 e. The Morgan fingerprint density at radius 1 is 1.16 bits per heavy atom. The number of rotatable bonds is 8. The Kier molecular flexibility index (Phi) is 7.38. The Bertz CT molecular complexity index is 584. The number of hydrogen-bond acceptors (Lipinski definition) is 4. The lowest BCUT2D eigenvalue weighted by Gasteiger charge is -2.43. The van der Waals surface area contributed by atoms with Crippen molar-refractivity contribution >= 4 is 20.2 Å². The number of methoxy groups -OCH3 is 1. The molecule has 0 aliphatic carbocycles. The summed E-state index contributed by atoms with van der Waals surface area (Å²) in [6, 6.07) is 7.96. The molecule has 0 aliphatic heterocycles. The Labute approximate surface area is 152 Å². The number of carbonyl (C=O) groups is 2. The van der Waals surface area contributed by atoms with Crippen molar-refractivity contribution < 1.29 is 18.8 Å². The second kappa shape index (κ2) is 8.63. The van der Waals surface area contributed by atoms with E-state index in [0.717, 1.165) is 0 Å². The van der Waals surface area contributed by atoms with E-state index in [1.54, 1.807) is 24.3 Å². The minimum atomic E-state index is -2.10. The third-order valence-electron chi connectivity index (χ3n) is 5.43. The summed E-state index contributed by atoms with van der Waals surface area (Å²) in [6.45, 7) is 13.1. The zero-order valence-electron chi connectivity index (χ0n) is 16.4. The van der Waals surface area contributed by atoms with Gasteiger partial charge in [0, 0.05) is 5.56 Å². The van der Waals surface area contributed by atoms with Crippen molar-refractivity contribution in [2.45, 2.75) is 51.9 Å². The molecule has 1 rings (SSSR count). The third-order valence-corrected chi connectivity index (χ3v) is 10.0. The smallest absolute Gasteiger partial charge is 0.330 e. The van der Waals surface area contributed by atoms with E-state index in [4.69, 9.17) is 9.16 Å². The van der Waals surface area contributed by atoms with Crippen LogP contribution in [0, 0.1) is 5.92 Å². The molecule has 0 radical (unpaired) electrons. The molecule has 1 aromatic rings. The number of esters is 1. The molecule has 140 valence electrons. The van der Waals surface area contributed by atoms with E-state index in [1.807, 2.05) is 6.07 Å². The molecule has 1 aromatic carbocycles. The SMILES string of the molecule is COC(=O)[C@H](CO[Si](C)(C)C(C)(C)C(C)C)NC(=O)c1ccccc1. The minimum Gasteiger partial charge on any atom is -0.467 e. The van der Waals surface area contributed by atoms with Crippen LogP contribution < -0.4 is 5.32 Å². The Morgan fingerprint density at radius 3 is 2.20 bits per heavy atom. The van der Waals surface area contributed by atoms with Gasteiger partial charge < -0.3 is 14.5 Å². The Balaban J connectivity index is 2.84. The predicted octanol–water partition coefficient (Wildman–Crippen LogP) is 3.62. The van der Waals surface area contributed by atoms with Crippen LogP contribution in [0.5, 0.6) is 0 Å². The predicted molar refractivity (Wildman–Crippen MR) is 102 cm³/mol. The maximum Gasteiger partial charge on any atom is 0.330 e. The summed E-state index contributed by atoms with van der Waals surface area (Å²) in [4.78, 5) is 24.4. The van der Waals surface area contributed by atoms with Crippen LogP contribution >= 0.6 is 0 Å². The summed E-state index contributed by atoms with van der Waals surface area (Å²) in [5.41, 5.74) is 0.496. The van der Waals surface area contributed by atoms with Gasteiger partial charge in [0.05, 0.1) is 13.7 Å². The molecule has 6 heteroatoms. The first kappa shape index (κ1) is 21.4. The molecule has 5 nitrogen and oxygen atoms in total. The average molecular weight is 366 g/mol. The van der Waals surface area contributed by atoms with E-state index in [2.05, 4.69) is 46.1 Å². The number of ether oxygens (including phenoxy) is 1. The Hall–Kier alpha value is -1.66. The van der Waals surface area contributed by atoms with E-state index in [9.17, 15) is 9.59 Å². The van der Waals surface area contributed by atoms with Crippen molar-refractivity contribution in [2.24, 2.45) is 5.92 Å². The quantitative estimate of drug-likeness (QED) is 0.564. The molecule has 1 amide bonds. The summed E-state index contributed by atoms with van der Waals surface area (Å²) in [6.07, 6.45) is 0. The van der Waals surface area contributed by atoms with Gasteiger partial charge in [-0.15, -0.1) is 0 Å². The van der Waals surface area contributed by atoms with Gasteiger partial charge in [-0.2, -0.15) is 0 Å². The number of benzene rings is 1. The monoisotopic (exact) mass is 365 g/mol. The van der Waals surface area contributed by atoms with E-state index < -0.39 is 20.3 Å². The van der Waals surface area contributed by atoms with E-state index in [1.165, 1.54) is 7.11 Å². The highest BCUT2D eigenvalue weighted by Gasteiger charge is 2.44. The fourth-order valence-electron chi connectivity index (χ4n) is 2.31. The number of amides is 1. The lowest BCUT2D eigenvalue weighted by atomic mass is 9.99. The number of hydrogen-bond donors (Lipinski definition) is 1. The molecule has 0 unspecified atom stereocenters. The molecule has 0 aliphatic rings. The van der Waals surface area contributed by atoms with Gasteiger partial charge >= 0.3 is 5.97 Å². The highest BCUT2D eigenvalue weighted by atomic mass is 28.4. The van der Waals surface area contributed by atoms with Crippen LogP contribution in [0.1, 0.15) is 38.1 Å². The molecule has 0 spiro atoms. The summed E-state index contributed by atoms with van der Waals surface area (Å²) < 4.78 is 11.0. The molecule has 0 saturated carbocycles. The van der Waals surface area contributed by atoms with Gasteiger partial charge in [0.2, 0.25) is 0 Å². The zero-order chi connectivity index (χ0) is 19.3. The van der Waals surface area contributed by atoms with Crippen LogP contribution in [0.2, 0.25) is 18.1 Å². The first-order valence-electron chi connectivity index (χ1n) is 8.60. The topological polar surface area (TPSA) is 64.6 Å². The number of nitrogens with one attached hydrogen (secondary N) is 1. The van der Waals surface area contributed by atoms with Crippen molar-refractivity contribution in [3.63, 3.8) is 0 Å². The maximum absolute atomic E-state index is 12.3. The van der Waals surface area contributed by atoms with Gasteiger partial charge in [-0.05, 0) is 36.2 Å². The molecular formula is C19H31NO4Si. The second-order valence-electron chi connectivity index (χ2n) is 7.61. The van der Waals surface area contributed by atoms with E-state index >= 15 is 0 Å². The molecule has 0 saturated heterocycles. The van der Waals surface area contributed by atoms with Crippen LogP contribution in [0.15, 0.2) is 30.3 Å². The zero-order valence-corrected chi connectivity index (χ0v) is 17.4. The van der Waals surface area contributed by atoms with Crippen LogP contribution in [-0.2, 0) is 14.0 Å². The normalized spacial score (nSPS) is 13.4. The van der Waals surface area contributed by atoms with Gasteiger partial charge in [-0.1, -0.05) is 45.9 Å². The van der Waals surface area contributed by atoms with E-state index in [0.29, 0.717) is 11.5 Å². The van der Waals surface area contributed by atoms with Crippen molar-refractivity contribution in [2.75, 3.05) is 13.7 Å². The van der Waals surface area contributed by atoms with Crippen molar-refractivity contribution in [3.05, 3.63) is 35.9 Å².